The van der Waals surface area contributed by atoms with Gasteiger partial charge in [-0.1, -0.05) is 0 Å². The topological polar surface area (TPSA) is 132 Å². The molecule has 2 aromatic heterocycles. The Morgan fingerprint density at radius 1 is 1.35 bits per heavy atom. The van der Waals surface area contributed by atoms with Crippen molar-refractivity contribution in [3.8, 4) is 6.07 Å². The Morgan fingerprint density at radius 2 is 2.03 bits per heavy atom. The standard InChI is InChI=1S/C20H19F3N6O4S/c1-4-34(31,32)27-12-7-11(19(10-24)5-6-19)9-25-15(12)17-26-13-8-14(20(21,22)23)29(33-3)18(30)16(13)28(17)2/h8-9H,4-7H2,1-3H3. The molecule has 3 heterocycles. The lowest BCUT2D eigenvalue weighted by Gasteiger charge is -2.18. The van der Waals surface area contributed by atoms with E-state index in [2.05, 4.69) is 25.3 Å². The van der Waals surface area contributed by atoms with E-state index < -0.39 is 32.9 Å². The first-order valence-electron chi connectivity index (χ1n) is 10.1. The molecule has 1 fully saturated rings. The highest BCUT2D eigenvalue weighted by molar-refractivity contribution is 7.90. The van der Waals surface area contributed by atoms with Gasteiger partial charge in [0.2, 0.25) is 0 Å². The summed E-state index contributed by atoms with van der Waals surface area (Å²) in [6.07, 6.45) is -2.23. The van der Waals surface area contributed by atoms with Crippen molar-refractivity contribution >= 4 is 32.5 Å². The van der Waals surface area contributed by atoms with Crippen LogP contribution in [0.15, 0.2) is 32.0 Å². The lowest BCUT2D eigenvalue weighted by molar-refractivity contribution is -0.151. The van der Waals surface area contributed by atoms with Gasteiger partial charge in [-0.05, 0) is 31.4 Å². The Labute approximate surface area is 191 Å². The first-order chi connectivity index (χ1) is 15.9. The summed E-state index contributed by atoms with van der Waals surface area (Å²) >= 11 is 0. The molecule has 2 aliphatic rings. The van der Waals surface area contributed by atoms with Crippen LogP contribution in [0.1, 0.15) is 37.7 Å². The molecule has 0 saturated heterocycles. The molecule has 0 bridgehead atoms. The second kappa shape index (κ2) is 7.79. The van der Waals surface area contributed by atoms with E-state index in [1.807, 2.05) is 0 Å². The van der Waals surface area contributed by atoms with Gasteiger partial charge in [-0.3, -0.25) is 9.79 Å². The normalized spacial score (nSPS) is 19.0. The zero-order valence-corrected chi connectivity index (χ0v) is 19.2. The average Bonchev–Trinajstić information content (AvgIpc) is 3.50. The third-order valence-corrected chi connectivity index (χ3v) is 7.09. The number of aryl methyl sites for hydroxylation is 1. The van der Waals surface area contributed by atoms with Crippen molar-refractivity contribution in [3.05, 3.63) is 39.7 Å². The predicted octanol–water partition coefficient (Wildman–Crippen LogP) is 1.98. The van der Waals surface area contributed by atoms with Gasteiger partial charge in [-0.25, -0.2) is 13.4 Å². The number of rotatable bonds is 5. The number of pyridine rings is 1. The molecule has 34 heavy (non-hydrogen) atoms. The highest BCUT2D eigenvalue weighted by Gasteiger charge is 2.48. The number of hydrogen-bond donors (Lipinski definition) is 0. The molecule has 2 aromatic rings. The van der Waals surface area contributed by atoms with Crippen LogP contribution in [0.3, 0.4) is 0 Å². The van der Waals surface area contributed by atoms with E-state index in [9.17, 15) is 31.6 Å². The zero-order chi connectivity index (χ0) is 25.1. The van der Waals surface area contributed by atoms with Crippen LogP contribution < -0.4 is 10.4 Å². The van der Waals surface area contributed by atoms with Crippen molar-refractivity contribution < 1.29 is 26.4 Å². The maximum Gasteiger partial charge on any atom is 0.435 e. The van der Waals surface area contributed by atoms with Crippen LogP contribution in [0.25, 0.3) is 11.0 Å². The highest BCUT2D eigenvalue weighted by Crippen LogP contribution is 2.53. The molecule has 1 saturated carbocycles. The minimum atomic E-state index is -4.89. The Kier molecular flexibility index (Phi) is 5.43. The van der Waals surface area contributed by atoms with E-state index in [4.69, 9.17) is 0 Å². The lowest BCUT2D eigenvalue weighted by atomic mass is 9.90. The first-order valence-corrected chi connectivity index (χ1v) is 11.7. The predicted molar refractivity (Wildman–Crippen MR) is 116 cm³/mol. The second-order valence-electron chi connectivity index (χ2n) is 7.95. The van der Waals surface area contributed by atoms with Crippen molar-refractivity contribution in [1.29, 1.82) is 5.26 Å². The summed E-state index contributed by atoms with van der Waals surface area (Å²) in [6, 6.07) is 2.89. The minimum Gasteiger partial charge on any atom is -0.413 e. The molecular formula is C20H19F3N6O4S. The van der Waals surface area contributed by atoms with Gasteiger partial charge in [0.25, 0.3) is 10.0 Å². The van der Waals surface area contributed by atoms with E-state index in [0.29, 0.717) is 24.5 Å². The number of nitrogens with zero attached hydrogens (tertiary/aromatic N) is 6. The fourth-order valence-corrected chi connectivity index (χ4v) is 4.42. The number of nitriles is 1. The van der Waals surface area contributed by atoms with Gasteiger partial charge in [0.05, 0.1) is 28.5 Å². The third kappa shape index (κ3) is 3.79. The Morgan fingerprint density at radius 3 is 2.56 bits per heavy atom. The van der Waals surface area contributed by atoms with Crippen molar-refractivity contribution in [2.24, 2.45) is 21.9 Å². The van der Waals surface area contributed by atoms with E-state index in [0.717, 1.165) is 7.11 Å². The van der Waals surface area contributed by atoms with Gasteiger partial charge in [0.15, 0.2) is 11.5 Å². The minimum absolute atomic E-state index is 0.00222. The summed E-state index contributed by atoms with van der Waals surface area (Å²) in [5, 5.41) is 9.51. The zero-order valence-electron chi connectivity index (χ0n) is 18.3. The number of allylic oxidation sites excluding steroid dienone is 1. The summed E-state index contributed by atoms with van der Waals surface area (Å²) in [6.45, 7) is 1.41. The number of fused-ring (bicyclic) bond motifs is 1. The van der Waals surface area contributed by atoms with Gasteiger partial charge in [0, 0.05) is 19.7 Å². The smallest absolute Gasteiger partial charge is 0.413 e. The number of alkyl halides is 3. The number of aromatic nitrogens is 3. The molecule has 4 rings (SSSR count). The molecule has 180 valence electrons. The lowest BCUT2D eigenvalue weighted by Crippen LogP contribution is -2.32. The van der Waals surface area contributed by atoms with Crippen LogP contribution in [0.5, 0.6) is 0 Å². The molecule has 10 nitrogen and oxygen atoms in total. The van der Waals surface area contributed by atoms with Crippen molar-refractivity contribution in [1.82, 2.24) is 14.3 Å². The quantitative estimate of drug-likeness (QED) is 0.622. The molecule has 0 N–H and O–H groups in total. The molecule has 0 spiro atoms. The maximum atomic E-state index is 13.5. The highest BCUT2D eigenvalue weighted by atomic mass is 32.2. The van der Waals surface area contributed by atoms with Crippen molar-refractivity contribution in [3.63, 3.8) is 0 Å². The van der Waals surface area contributed by atoms with E-state index in [1.165, 1.54) is 24.7 Å². The SMILES string of the molecule is CCS(=O)(=O)N=C1CC(C2(C#N)CC2)=CN=C1c1nc2cc(C(F)(F)F)n(OC)c(=O)c2n1C. The second-order valence-corrected chi connectivity index (χ2v) is 9.87. The van der Waals surface area contributed by atoms with Gasteiger partial charge in [0.1, 0.15) is 18.3 Å². The van der Waals surface area contributed by atoms with Crippen molar-refractivity contribution in [2.45, 2.75) is 32.4 Å². The van der Waals surface area contributed by atoms with Crippen LogP contribution in [-0.2, 0) is 23.2 Å². The molecular weight excluding hydrogens is 477 g/mol. The van der Waals surface area contributed by atoms with Gasteiger partial charge in [-0.2, -0.15) is 22.8 Å². The molecule has 1 aliphatic heterocycles. The number of sulfonamides is 1. The summed E-state index contributed by atoms with van der Waals surface area (Å²) in [5.41, 5.74) is -3.05. The largest absolute Gasteiger partial charge is 0.435 e. The van der Waals surface area contributed by atoms with E-state index >= 15 is 0 Å². The van der Waals surface area contributed by atoms with E-state index in [1.54, 1.807) is 0 Å². The average molecular weight is 496 g/mol. The molecule has 1 aliphatic carbocycles. The number of hydrogen-bond acceptors (Lipinski definition) is 7. The van der Waals surface area contributed by atoms with E-state index in [-0.39, 0.29) is 45.2 Å². The summed E-state index contributed by atoms with van der Waals surface area (Å²) < 4.78 is 70.2. The number of aliphatic imine (C=N–C) groups is 1. The Balaban J connectivity index is 1.97. The number of halogens is 3. The molecule has 0 atom stereocenters. The fraction of sp³-hybridized carbons (Fsp3) is 0.450. The van der Waals surface area contributed by atoms with Crippen LogP contribution in [-0.4, -0.2) is 47.0 Å². The van der Waals surface area contributed by atoms with Gasteiger partial charge in [-0.15, -0.1) is 4.73 Å². The third-order valence-electron chi connectivity index (χ3n) is 5.86. The van der Waals surface area contributed by atoms with Crippen molar-refractivity contribution in [2.75, 3.05) is 12.9 Å². The number of imidazole rings is 1. The molecule has 0 aromatic carbocycles. The molecule has 0 unspecified atom stereocenters. The Bertz CT molecular complexity index is 1500. The van der Waals surface area contributed by atoms with Gasteiger partial charge < -0.3 is 9.40 Å². The molecule has 14 heteroatoms. The van der Waals surface area contributed by atoms with Crippen LogP contribution in [0.4, 0.5) is 13.2 Å². The summed E-state index contributed by atoms with van der Waals surface area (Å²) in [7, 11) is -1.55. The summed E-state index contributed by atoms with van der Waals surface area (Å²) in [5.74, 6) is -0.335. The van der Waals surface area contributed by atoms with Crippen LogP contribution in [0, 0.1) is 16.7 Å². The molecule has 0 amide bonds. The van der Waals surface area contributed by atoms with Gasteiger partial charge >= 0.3 is 11.7 Å². The fourth-order valence-electron chi connectivity index (χ4n) is 3.80. The Hall–Kier alpha value is -3.47. The summed E-state index contributed by atoms with van der Waals surface area (Å²) in [4.78, 5) is 25.9. The van der Waals surface area contributed by atoms with Crippen LogP contribution in [0.2, 0.25) is 0 Å². The first kappa shape index (κ1) is 23.7. The van der Waals surface area contributed by atoms with Crippen LogP contribution >= 0.6 is 0 Å². The monoisotopic (exact) mass is 496 g/mol. The maximum absolute atomic E-state index is 13.5. The molecule has 0 radical (unpaired) electrons.